The molecule has 1 heterocycles. The molecule has 6 nitrogen and oxygen atoms in total. The van der Waals surface area contributed by atoms with Gasteiger partial charge in [0.25, 0.3) is 0 Å². The Morgan fingerprint density at radius 2 is 2.03 bits per heavy atom. The van der Waals surface area contributed by atoms with Crippen LogP contribution < -0.4 is 10.9 Å². The number of aliphatic hydroxyl groups is 1. The summed E-state index contributed by atoms with van der Waals surface area (Å²) in [6.45, 7) is 5.27. The van der Waals surface area contributed by atoms with Crippen LogP contribution in [0.2, 0.25) is 0 Å². The number of aromatic hydroxyl groups is 1. The maximum absolute atomic E-state index is 11.3. The van der Waals surface area contributed by atoms with Gasteiger partial charge in [0.1, 0.15) is 5.75 Å². The van der Waals surface area contributed by atoms with Crippen LogP contribution in [0.25, 0.3) is 10.9 Å². The number of ether oxygens (including phenoxy) is 1. The second kappa shape index (κ2) is 12.1. The first-order valence-corrected chi connectivity index (χ1v) is 10.2. The van der Waals surface area contributed by atoms with E-state index in [2.05, 4.69) is 48.5 Å². The predicted molar refractivity (Wildman–Crippen MR) is 122 cm³/mol. The van der Waals surface area contributed by atoms with Gasteiger partial charge in [-0.15, -0.1) is 0 Å². The lowest BCUT2D eigenvalue weighted by atomic mass is 10.0. The Balaban J connectivity index is 0.000000269. The highest BCUT2D eigenvalue weighted by Crippen LogP contribution is 2.28. The summed E-state index contributed by atoms with van der Waals surface area (Å²) in [7, 11) is 1.72. The number of rotatable bonds is 7. The Kier molecular flexibility index (Phi) is 9.54. The van der Waals surface area contributed by atoms with Gasteiger partial charge in [-0.05, 0) is 43.0 Å². The topological polar surface area (TPSA) is 94.6 Å². The molecule has 30 heavy (non-hydrogen) atoms. The molecule has 0 fully saturated rings. The minimum Gasteiger partial charge on any atom is -0.506 e. The molecule has 1 aromatic heterocycles. The molecule has 0 amide bonds. The average Bonchev–Trinajstić information content (AvgIpc) is 3.02. The molecule has 4 N–H and O–H groups in total. The van der Waals surface area contributed by atoms with Gasteiger partial charge < -0.3 is 25.3 Å². The molecule has 0 aliphatic heterocycles. The van der Waals surface area contributed by atoms with Gasteiger partial charge in [0.15, 0.2) is 0 Å². The lowest BCUT2D eigenvalue weighted by Gasteiger charge is -2.17. The number of H-pyrrole nitrogens is 1. The molecule has 0 saturated carbocycles. The summed E-state index contributed by atoms with van der Waals surface area (Å²) in [5.41, 5.74) is 2.02. The van der Waals surface area contributed by atoms with Crippen LogP contribution in [0.15, 0.2) is 65.0 Å². The number of phenols is 1. The maximum Gasteiger partial charge on any atom is 0.248 e. The number of phenolic OH excluding ortho intramolecular Hbond substituents is 1. The van der Waals surface area contributed by atoms with Gasteiger partial charge in [0, 0.05) is 31.1 Å². The Morgan fingerprint density at radius 1 is 1.23 bits per heavy atom. The van der Waals surface area contributed by atoms with Crippen LogP contribution in [0, 0.1) is 0 Å². The van der Waals surface area contributed by atoms with Crippen molar-refractivity contribution in [2.24, 2.45) is 0 Å². The number of allylic oxidation sites excluding steroid dienone is 4. The minimum absolute atomic E-state index is 0.00327. The highest BCUT2D eigenvalue weighted by Gasteiger charge is 2.14. The number of hydrogen-bond acceptors (Lipinski definition) is 5. The quantitative estimate of drug-likeness (QED) is 0.556. The Labute approximate surface area is 177 Å². The third-order valence-corrected chi connectivity index (χ3v) is 4.92. The van der Waals surface area contributed by atoms with Gasteiger partial charge in [-0.1, -0.05) is 43.4 Å². The minimum atomic E-state index is -0.696. The SMILES string of the molecule is CCC(C)NCC(O)c1ccc(O)c2[nH]c(=O)ccc12.COCC1=CCC=CC=C1. The number of pyridine rings is 1. The molecule has 0 bridgehead atoms. The van der Waals surface area contributed by atoms with E-state index in [-0.39, 0.29) is 11.3 Å². The highest BCUT2D eigenvalue weighted by molar-refractivity contribution is 5.87. The van der Waals surface area contributed by atoms with Crippen molar-refractivity contribution in [1.29, 1.82) is 0 Å². The first kappa shape index (κ1) is 23.6. The second-order valence-corrected chi connectivity index (χ2v) is 7.25. The number of fused-ring (bicyclic) bond motifs is 1. The number of benzene rings is 1. The summed E-state index contributed by atoms with van der Waals surface area (Å²) < 4.78 is 4.99. The molecule has 1 aliphatic carbocycles. The van der Waals surface area contributed by atoms with Gasteiger partial charge in [-0.3, -0.25) is 4.79 Å². The van der Waals surface area contributed by atoms with E-state index in [0.29, 0.717) is 29.1 Å². The van der Waals surface area contributed by atoms with E-state index in [4.69, 9.17) is 4.74 Å². The lowest BCUT2D eigenvalue weighted by molar-refractivity contribution is 0.172. The number of methoxy groups -OCH3 is 1. The first-order chi connectivity index (χ1) is 14.5. The first-order valence-electron chi connectivity index (χ1n) is 10.2. The molecule has 0 spiro atoms. The molecule has 2 atom stereocenters. The molecule has 0 saturated heterocycles. The fourth-order valence-corrected chi connectivity index (χ4v) is 3.01. The number of hydrogen-bond donors (Lipinski definition) is 4. The second-order valence-electron chi connectivity index (χ2n) is 7.25. The highest BCUT2D eigenvalue weighted by atomic mass is 16.5. The number of aromatic nitrogens is 1. The van der Waals surface area contributed by atoms with Crippen LogP contribution in [-0.2, 0) is 4.74 Å². The lowest BCUT2D eigenvalue weighted by Crippen LogP contribution is -2.29. The van der Waals surface area contributed by atoms with Crippen LogP contribution in [0.1, 0.15) is 38.4 Å². The molecule has 6 heteroatoms. The van der Waals surface area contributed by atoms with Gasteiger partial charge >= 0.3 is 0 Å². The molecular weight excluding hydrogens is 380 g/mol. The van der Waals surface area contributed by atoms with Gasteiger partial charge in [-0.25, -0.2) is 0 Å². The zero-order valence-electron chi connectivity index (χ0n) is 17.9. The van der Waals surface area contributed by atoms with Gasteiger partial charge in [0.05, 0.1) is 18.2 Å². The summed E-state index contributed by atoms with van der Waals surface area (Å²) in [4.78, 5) is 13.9. The molecule has 2 unspecified atom stereocenters. The van der Waals surface area contributed by atoms with Gasteiger partial charge in [0.2, 0.25) is 5.56 Å². The zero-order chi connectivity index (χ0) is 21.9. The van der Waals surface area contributed by atoms with E-state index in [1.165, 1.54) is 17.7 Å². The summed E-state index contributed by atoms with van der Waals surface area (Å²) in [5.74, 6) is 0.00327. The fraction of sp³-hybridized carbons (Fsp3) is 0.375. The molecule has 1 aliphatic rings. The largest absolute Gasteiger partial charge is 0.506 e. The van der Waals surface area contributed by atoms with E-state index in [9.17, 15) is 15.0 Å². The summed E-state index contributed by atoms with van der Waals surface area (Å²) in [5, 5.41) is 24.0. The molecule has 1 aromatic carbocycles. The van der Waals surface area contributed by atoms with Crippen molar-refractivity contribution in [2.45, 2.75) is 38.8 Å². The smallest absolute Gasteiger partial charge is 0.248 e. The fourth-order valence-electron chi connectivity index (χ4n) is 3.01. The van der Waals surface area contributed by atoms with Crippen molar-refractivity contribution in [3.8, 4) is 5.75 Å². The maximum atomic E-state index is 11.3. The van der Waals surface area contributed by atoms with E-state index < -0.39 is 6.10 Å². The average molecular weight is 413 g/mol. The van der Waals surface area contributed by atoms with Crippen LogP contribution in [0.5, 0.6) is 5.75 Å². The van der Waals surface area contributed by atoms with E-state index >= 15 is 0 Å². The molecule has 2 aromatic rings. The van der Waals surface area contributed by atoms with Crippen LogP contribution in [0.4, 0.5) is 0 Å². The third-order valence-electron chi connectivity index (χ3n) is 4.92. The van der Waals surface area contributed by atoms with Crippen molar-refractivity contribution < 1.29 is 14.9 Å². The Hall–Kier alpha value is -2.67. The summed E-state index contributed by atoms with van der Waals surface area (Å²) >= 11 is 0. The normalized spacial score (nSPS) is 15.1. The Bertz CT molecular complexity index is 959. The van der Waals surface area contributed by atoms with Crippen molar-refractivity contribution in [2.75, 3.05) is 20.3 Å². The van der Waals surface area contributed by atoms with Crippen LogP contribution >= 0.6 is 0 Å². The molecule has 162 valence electrons. The van der Waals surface area contributed by atoms with Crippen LogP contribution in [0.3, 0.4) is 0 Å². The van der Waals surface area contributed by atoms with E-state index in [1.54, 1.807) is 19.2 Å². The Morgan fingerprint density at radius 3 is 2.77 bits per heavy atom. The number of aromatic amines is 1. The van der Waals surface area contributed by atoms with Crippen LogP contribution in [-0.4, -0.2) is 41.5 Å². The summed E-state index contributed by atoms with van der Waals surface area (Å²) in [6, 6.07) is 6.50. The molecule has 0 radical (unpaired) electrons. The van der Waals surface area contributed by atoms with Crippen molar-refractivity contribution in [1.82, 2.24) is 10.3 Å². The number of aliphatic hydroxyl groups excluding tert-OH is 1. The standard InChI is InChI=1S/C15H20N2O3.C9H12O/c1-3-9(2)16-8-13(19)10-4-6-12(18)15-11(10)5-7-14(20)17-15;1-10-8-9-6-4-2-3-5-7-9/h4-7,9,13,16,18-19H,3,8H2,1-2H3,(H,17,20);2-4,6-7H,5,8H2,1H3. The molecule has 3 rings (SSSR count). The number of nitrogens with one attached hydrogen (secondary N) is 2. The van der Waals surface area contributed by atoms with Crippen molar-refractivity contribution in [3.05, 3.63) is 76.1 Å². The van der Waals surface area contributed by atoms with E-state index in [0.717, 1.165) is 19.4 Å². The monoisotopic (exact) mass is 412 g/mol. The van der Waals surface area contributed by atoms with Crippen molar-refractivity contribution >= 4 is 10.9 Å². The third kappa shape index (κ3) is 6.99. The zero-order valence-corrected chi connectivity index (χ0v) is 17.9. The van der Waals surface area contributed by atoms with Crippen molar-refractivity contribution in [3.63, 3.8) is 0 Å². The molecular formula is C24H32N2O4. The predicted octanol–water partition coefficient (Wildman–Crippen LogP) is 3.73. The van der Waals surface area contributed by atoms with E-state index in [1.807, 2.05) is 6.08 Å². The van der Waals surface area contributed by atoms with Gasteiger partial charge in [-0.2, -0.15) is 0 Å². The summed E-state index contributed by atoms with van der Waals surface area (Å²) in [6.07, 6.45) is 11.8.